The molecule has 0 saturated heterocycles. The highest BCUT2D eigenvalue weighted by Crippen LogP contribution is 2.32. The van der Waals surface area contributed by atoms with Gasteiger partial charge in [-0.15, -0.1) is 11.3 Å². The summed E-state index contributed by atoms with van der Waals surface area (Å²) >= 11 is 6.57. The standard InChI is InChI=1S/C14H13N3O4S2/c1-21-6-2-5-16-13(18)12-11(15-14(16)22)9-7-8(17(19)20)3-4-10(9)23-12/h3-4,7H,2,5-6H2,1H3,(H,15,22). The number of thiophene rings is 1. The third-order valence-corrected chi connectivity index (χ3v) is 5.01. The predicted octanol–water partition coefficient (Wildman–Crippen LogP) is 3.22. The maximum absolute atomic E-state index is 12.6. The van der Waals surface area contributed by atoms with Gasteiger partial charge in [-0.05, 0) is 24.7 Å². The Morgan fingerprint density at radius 3 is 2.96 bits per heavy atom. The van der Waals surface area contributed by atoms with Gasteiger partial charge in [0.15, 0.2) is 4.77 Å². The monoisotopic (exact) mass is 351 g/mol. The van der Waals surface area contributed by atoms with Crippen LogP contribution >= 0.6 is 23.6 Å². The van der Waals surface area contributed by atoms with Crippen molar-refractivity contribution in [2.45, 2.75) is 13.0 Å². The summed E-state index contributed by atoms with van der Waals surface area (Å²) in [6.45, 7) is 1.00. The number of methoxy groups -OCH3 is 1. The van der Waals surface area contributed by atoms with Gasteiger partial charge in [0.1, 0.15) is 4.70 Å². The molecule has 0 atom stereocenters. The molecule has 0 aliphatic heterocycles. The number of aromatic nitrogens is 2. The number of nitrogens with zero attached hydrogens (tertiary/aromatic N) is 2. The number of ether oxygens (including phenoxy) is 1. The highest BCUT2D eigenvalue weighted by Gasteiger charge is 2.15. The van der Waals surface area contributed by atoms with E-state index in [-0.39, 0.29) is 11.2 Å². The summed E-state index contributed by atoms with van der Waals surface area (Å²) in [7, 11) is 1.60. The van der Waals surface area contributed by atoms with Crippen molar-refractivity contribution in [3.8, 4) is 0 Å². The van der Waals surface area contributed by atoms with Gasteiger partial charge in [-0.3, -0.25) is 19.5 Å². The van der Waals surface area contributed by atoms with E-state index in [2.05, 4.69) is 4.98 Å². The van der Waals surface area contributed by atoms with Crippen LogP contribution in [0, 0.1) is 14.9 Å². The largest absolute Gasteiger partial charge is 0.385 e. The molecule has 1 aromatic carbocycles. The number of non-ortho nitro benzene ring substituents is 1. The van der Waals surface area contributed by atoms with Crippen LogP contribution in [0.2, 0.25) is 0 Å². The Bertz CT molecular complexity index is 1020. The maximum Gasteiger partial charge on any atom is 0.272 e. The summed E-state index contributed by atoms with van der Waals surface area (Å²) in [6, 6.07) is 4.56. The molecule has 0 aliphatic carbocycles. The number of hydrogen-bond acceptors (Lipinski definition) is 6. The molecule has 120 valence electrons. The first-order chi connectivity index (χ1) is 11.0. The zero-order valence-corrected chi connectivity index (χ0v) is 13.8. The summed E-state index contributed by atoms with van der Waals surface area (Å²) in [5.41, 5.74) is 0.371. The normalized spacial score (nSPS) is 11.3. The van der Waals surface area contributed by atoms with E-state index >= 15 is 0 Å². The Labute approximate surface area is 139 Å². The van der Waals surface area contributed by atoms with Crippen molar-refractivity contribution in [3.63, 3.8) is 0 Å². The van der Waals surface area contributed by atoms with Gasteiger partial charge in [-0.1, -0.05) is 0 Å². The molecule has 0 spiro atoms. The van der Waals surface area contributed by atoms with Crippen molar-refractivity contribution in [2.75, 3.05) is 13.7 Å². The number of benzene rings is 1. The lowest BCUT2D eigenvalue weighted by atomic mass is 10.2. The van der Waals surface area contributed by atoms with Crippen LogP contribution in [0.15, 0.2) is 23.0 Å². The summed E-state index contributed by atoms with van der Waals surface area (Å²) in [4.78, 5) is 26.2. The van der Waals surface area contributed by atoms with Crippen LogP contribution in [0.1, 0.15) is 6.42 Å². The lowest BCUT2D eigenvalue weighted by molar-refractivity contribution is -0.384. The van der Waals surface area contributed by atoms with Crippen LogP contribution in [0.3, 0.4) is 0 Å². The van der Waals surface area contributed by atoms with E-state index in [0.29, 0.717) is 39.9 Å². The highest BCUT2D eigenvalue weighted by molar-refractivity contribution is 7.71. The first kappa shape index (κ1) is 15.8. The zero-order chi connectivity index (χ0) is 16.6. The second-order valence-electron chi connectivity index (χ2n) is 4.98. The highest BCUT2D eigenvalue weighted by atomic mass is 32.1. The van der Waals surface area contributed by atoms with Crippen molar-refractivity contribution < 1.29 is 9.66 Å². The minimum Gasteiger partial charge on any atom is -0.385 e. The van der Waals surface area contributed by atoms with E-state index in [4.69, 9.17) is 17.0 Å². The fourth-order valence-electron chi connectivity index (χ4n) is 2.43. The second kappa shape index (κ2) is 6.19. The van der Waals surface area contributed by atoms with Gasteiger partial charge < -0.3 is 9.72 Å². The van der Waals surface area contributed by atoms with Gasteiger partial charge in [0.2, 0.25) is 0 Å². The first-order valence-electron chi connectivity index (χ1n) is 6.85. The van der Waals surface area contributed by atoms with Crippen molar-refractivity contribution >= 4 is 49.5 Å². The van der Waals surface area contributed by atoms with Crippen LogP contribution in [-0.2, 0) is 11.3 Å². The molecule has 0 unspecified atom stereocenters. The van der Waals surface area contributed by atoms with Crippen molar-refractivity contribution in [2.24, 2.45) is 0 Å². The Morgan fingerprint density at radius 1 is 1.48 bits per heavy atom. The lowest BCUT2D eigenvalue weighted by Gasteiger charge is -2.05. The number of H-pyrrole nitrogens is 1. The zero-order valence-electron chi connectivity index (χ0n) is 12.2. The SMILES string of the molecule is COCCCn1c(=S)[nH]c2c(sc3ccc([N+](=O)[O-])cc32)c1=O. The van der Waals surface area contributed by atoms with Gasteiger partial charge >= 0.3 is 0 Å². The van der Waals surface area contributed by atoms with Crippen LogP contribution < -0.4 is 5.56 Å². The Balaban J connectivity index is 2.23. The summed E-state index contributed by atoms with van der Waals surface area (Å²) < 4.78 is 8.13. The van der Waals surface area contributed by atoms with Crippen LogP contribution in [0.25, 0.3) is 20.3 Å². The van der Waals surface area contributed by atoms with E-state index in [1.54, 1.807) is 13.2 Å². The number of aromatic amines is 1. The molecule has 0 saturated carbocycles. The first-order valence-corrected chi connectivity index (χ1v) is 8.08. The molecule has 9 heteroatoms. The Kier molecular flexibility index (Phi) is 4.24. The molecule has 0 radical (unpaired) electrons. The lowest BCUT2D eigenvalue weighted by Crippen LogP contribution is -2.22. The summed E-state index contributed by atoms with van der Waals surface area (Å²) in [6.07, 6.45) is 0.676. The summed E-state index contributed by atoms with van der Waals surface area (Å²) in [5.74, 6) is 0. The van der Waals surface area contributed by atoms with E-state index in [1.165, 1.54) is 28.0 Å². The quantitative estimate of drug-likeness (QED) is 0.330. The smallest absolute Gasteiger partial charge is 0.272 e. The number of nitro benzene ring substituents is 1. The number of nitrogens with one attached hydrogen (secondary N) is 1. The third kappa shape index (κ3) is 2.78. The Morgan fingerprint density at radius 2 is 2.26 bits per heavy atom. The Hall–Kier alpha value is -2.10. The van der Waals surface area contributed by atoms with E-state index < -0.39 is 4.92 Å². The van der Waals surface area contributed by atoms with Gasteiger partial charge in [-0.25, -0.2) is 0 Å². The molecule has 2 aromatic heterocycles. The van der Waals surface area contributed by atoms with Crippen molar-refractivity contribution in [3.05, 3.63) is 43.4 Å². The van der Waals surface area contributed by atoms with E-state index in [9.17, 15) is 14.9 Å². The maximum atomic E-state index is 12.6. The minimum atomic E-state index is -0.455. The molecule has 0 aliphatic rings. The molecule has 0 amide bonds. The van der Waals surface area contributed by atoms with Gasteiger partial charge in [0.25, 0.3) is 11.2 Å². The third-order valence-electron chi connectivity index (χ3n) is 3.53. The molecule has 2 heterocycles. The van der Waals surface area contributed by atoms with Gasteiger partial charge in [0, 0.05) is 42.5 Å². The summed E-state index contributed by atoms with van der Waals surface area (Å²) in [5, 5.41) is 11.6. The predicted molar refractivity (Wildman–Crippen MR) is 91.9 cm³/mol. The molecule has 23 heavy (non-hydrogen) atoms. The topological polar surface area (TPSA) is 90.2 Å². The van der Waals surface area contributed by atoms with Gasteiger partial charge in [-0.2, -0.15) is 0 Å². The second-order valence-corrected chi connectivity index (χ2v) is 6.42. The molecule has 0 fully saturated rings. The molecule has 0 bridgehead atoms. The number of hydrogen-bond donors (Lipinski definition) is 1. The molecule has 1 N–H and O–H groups in total. The molecular formula is C14H13N3O4S2. The molecular weight excluding hydrogens is 338 g/mol. The van der Waals surface area contributed by atoms with Crippen LogP contribution in [0.4, 0.5) is 5.69 Å². The van der Waals surface area contributed by atoms with Crippen molar-refractivity contribution in [1.82, 2.24) is 9.55 Å². The average molecular weight is 351 g/mol. The van der Waals surface area contributed by atoms with Crippen LogP contribution in [-0.4, -0.2) is 28.2 Å². The number of fused-ring (bicyclic) bond motifs is 3. The van der Waals surface area contributed by atoms with E-state index in [1.807, 2.05) is 0 Å². The number of nitro groups is 1. The number of rotatable bonds is 5. The fraction of sp³-hybridized carbons (Fsp3) is 0.286. The van der Waals surface area contributed by atoms with Crippen LogP contribution in [0.5, 0.6) is 0 Å². The van der Waals surface area contributed by atoms with E-state index in [0.717, 1.165) is 4.70 Å². The average Bonchev–Trinajstić information content (AvgIpc) is 2.88. The fourth-order valence-corrected chi connectivity index (χ4v) is 3.80. The van der Waals surface area contributed by atoms with Gasteiger partial charge in [0.05, 0.1) is 10.4 Å². The van der Waals surface area contributed by atoms with Crippen molar-refractivity contribution in [1.29, 1.82) is 0 Å². The molecule has 7 nitrogen and oxygen atoms in total. The minimum absolute atomic E-state index is 0.0132. The molecule has 3 rings (SSSR count). The molecule has 3 aromatic rings.